The van der Waals surface area contributed by atoms with Gasteiger partial charge in [-0.05, 0) is 45.4 Å². The Labute approximate surface area is 106 Å². The van der Waals surface area contributed by atoms with Crippen LogP contribution in [-0.4, -0.2) is 9.30 Å². The zero-order valence-electron chi connectivity index (χ0n) is 10.7. The first-order valence-electron chi connectivity index (χ1n) is 5.52. The van der Waals surface area contributed by atoms with Crippen LogP contribution >= 0.6 is 0 Å². The van der Waals surface area contributed by atoms with Crippen LogP contribution in [-0.2, 0) is 11.4 Å². The lowest BCUT2D eigenvalue weighted by atomic mass is 10.1. The van der Waals surface area contributed by atoms with Gasteiger partial charge in [-0.25, -0.2) is 0 Å². The molecule has 0 saturated heterocycles. The minimum Gasteiger partial charge on any atom is -0.598 e. The molecule has 4 heteroatoms. The molecule has 0 aliphatic carbocycles. The summed E-state index contributed by atoms with van der Waals surface area (Å²) in [4.78, 5) is 0. The van der Waals surface area contributed by atoms with Crippen LogP contribution in [0.2, 0.25) is 0 Å². The van der Waals surface area contributed by atoms with Crippen LogP contribution in [0, 0.1) is 11.3 Å². The topological polar surface area (TPSA) is 58.9 Å². The largest absolute Gasteiger partial charge is 0.598 e. The van der Waals surface area contributed by atoms with E-state index in [4.69, 9.17) is 5.26 Å². The highest BCUT2D eigenvalue weighted by molar-refractivity contribution is 7.90. The Bertz CT molecular complexity index is 420. The standard InChI is InChI=1S/C13H18N2OS/c1-10(15-17(16)13(2,3)4)12-7-5-6-11(8-12)9-14/h5-8,10,15H,1-4H3/t10-,17?/m0/s1. The minimum atomic E-state index is -1.11. The number of rotatable bonds is 3. The van der Waals surface area contributed by atoms with E-state index in [0.29, 0.717) is 5.56 Å². The summed E-state index contributed by atoms with van der Waals surface area (Å²) >= 11 is -1.11. The van der Waals surface area contributed by atoms with E-state index in [0.717, 1.165) is 5.56 Å². The maximum atomic E-state index is 11.9. The quantitative estimate of drug-likeness (QED) is 0.839. The lowest BCUT2D eigenvalue weighted by Crippen LogP contribution is -2.40. The normalized spacial score (nSPS) is 15.1. The summed E-state index contributed by atoms with van der Waals surface area (Å²) in [5.41, 5.74) is 1.60. The molecule has 0 aliphatic rings. The van der Waals surface area contributed by atoms with Gasteiger partial charge in [0.2, 0.25) is 0 Å². The van der Waals surface area contributed by atoms with Crippen LogP contribution in [0.4, 0.5) is 0 Å². The van der Waals surface area contributed by atoms with E-state index in [1.165, 1.54) is 0 Å². The van der Waals surface area contributed by atoms with Crippen molar-refractivity contribution in [2.45, 2.75) is 38.5 Å². The van der Waals surface area contributed by atoms with Crippen molar-refractivity contribution in [1.29, 1.82) is 5.26 Å². The van der Waals surface area contributed by atoms with Gasteiger partial charge in [0, 0.05) is 11.4 Å². The predicted molar refractivity (Wildman–Crippen MR) is 70.6 cm³/mol. The van der Waals surface area contributed by atoms with Gasteiger partial charge in [0.1, 0.15) is 4.75 Å². The molecule has 0 radical (unpaired) electrons. The average Bonchev–Trinajstić information content (AvgIpc) is 2.27. The summed E-state index contributed by atoms with van der Waals surface area (Å²) in [6.45, 7) is 7.72. The third-order valence-electron chi connectivity index (χ3n) is 2.36. The van der Waals surface area contributed by atoms with Crippen LogP contribution in [0.15, 0.2) is 24.3 Å². The van der Waals surface area contributed by atoms with E-state index in [1.807, 2.05) is 45.9 Å². The SMILES string of the molecule is C[C@H](N[S+]([O-])C(C)(C)C)c1cccc(C#N)c1. The third kappa shape index (κ3) is 4.04. The summed E-state index contributed by atoms with van der Waals surface area (Å²) in [5.74, 6) is 0. The molecule has 2 atom stereocenters. The molecule has 92 valence electrons. The molecule has 3 nitrogen and oxygen atoms in total. The fourth-order valence-electron chi connectivity index (χ4n) is 1.28. The van der Waals surface area contributed by atoms with E-state index in [-0.39, 0.29) is 10.8 Å². The average molecular weight is 250 g/mol. The summed E-state index contributed by atoms with van der Waals surface area (Å²) in [6, 6.07) is 9.41. The zero-order valence-corrected chi connectivity index (χ0v) is 11.5. The molecule has 0 spiro atoms. The molecule has 0 saturated carbocycles. The number of hydrogen-bond acceptors (Lipinski definition) is 3. The van der Waals surface area contributed by atoms with Gasteiger partial charge in [0.15, 0.2) is 0 Å². The van der Waals surface area contributed by atoms with Gasteiger partial charge in [0.25, 0.3) is 0 Å². The third-order valence-corrected chi connectivity index (χ3v) is 4.04. The number of nitrogens with one attached hydrogen (secondary N) is 1. The highest BCUT2D eigenvalue weighted by atomic mass is 32.2. The lowest BCUT2D eigenvalue weighted by molar-refractivity contribution is 0.531. The van der Waals surface area contributed by atoms with Gasteiger partial charge in [-0.15, -0.1) is 4.72 Å². The molecule has 0 aromatic heterocycles. The van der Waals surface area contributed by atoms with Gasteiger partial charge in [-0.1, -0.05) is 12.1 Å². The van der Waals surface area contributed by atoms with Crippen LogP contribution in [0.25, 0.3) is 0 Å². The summed E-state index contributed by atoms with van der Waals surface area (Å²) < 4.78 is 14.7. The minimum absolute atomic E-state index is 0.0386. The van der Waals surface area contributed by atoms with Gasteiger partial charge in [0.05, 0.1) is 17.7 Å². The molecule has 17 heavy (non-hydrogen) atoms. The Morgan fingerprint density at radius 2 is 2.06 bits per heavy atom. The predicted octanol–water partition coefficient (Wildman–Crippen LogP) is 2.67. The van der Waals surface area contributed by atoms with Crippen LogP contribution in [0.3, 0.4) is 0 Å². The number of benzene rings is 1. The van der Waals surface area contributed by atoms with E-state index in [2.05, 4.69) is 10.8 Å². The first kappa shape index (κ1) is 14.0. The number of hydrogen-bond donors (Lipinski definition) is 1. The van der Waals surface area contributed by atoms with Crippen molar-refractivity contribution in [1.82, 2.24) is 4.72 Å². The van der Waals surface area contributed by atoms with E-state index in [1.54, 1.807) is 6.07 Å². The second kappa shape index (κ2) is 5.54. The molecule has 1 unspecified atom stereocenters. The molecular formula is C13H18N2OS. The highest BCUT2D eigenvalue weighted by Gasteiger charge is 2.28. The molecule has 1 aromatic rings. The molecule has 0 amide bonds. The molecular weight excluding hydrogens is 232 g/mol. The maximum Gasteiger partial charge on any atom is 0.136 e. The van der Waals surface area contributed by atoms with E-state index in [9.17, 15) is 4.55 Å². The summed E-state index contributed by atoms with van der Waals surface area (Å²) in [7, 11) is 0. The van der Waals surface area contributed by atoms with Crippen molar-refractivity contribution in [3.05, 3.63) is 35.4 Å². The summed E-state index contributed by atoms with van der Waals surface area (Å²) in [5, 5.41) is 8.82. The molecule has 0 fully saturated rings. The molecule has 0 bridgehead atoms. The monoisotopic (exact) mass is 250 g/mol. The van der Waals surface area contributed by atoms with Crippen molar-refractivity contribution in [3.63, 3.8) is 0 Å². The molecule has 1 rings (SSSR count). The summed E-state index contributed by atoms with van der Waals surface area (Å²) in [6.07, 6.45) is 0. The molecule has 1 aromatic carbocycles. The van der Waals surface area contributed by atoms with Crippen molar-refractivity contribution in [2.75, 3.05) is 0 Å². The number of nitriles is 1. The van der Waals surface area contributed by atoms with Crippen LogP contribution in [0.5, 0.6) is 0 Å². The van der Waals surface area contributed by atoms with Crippen LogP contribution < -0.4 is 4.72 Å². The highest BCUT2D eigenvalue weighted by Crippen LogP contribution is 2.20. The second-order valence-electron chi connectivity index (χ2n) is 4.96. The second-order valence-corrected chi connectivity index (χ2v) is 6.96. The first-order valence-corrected chi connectivity index (χ1v) is 6.67. The molecule has 1 N–H and O–H groups in total. The Balaban J connectivity index is 2.77. The number of nitrogens with zero attached hydrogens (tertiary/aromatic N) is 1. The van der Waals surface area contributed by atoms with Crippen LogP contribution in [0.1, 0.15) is 44.9 Å². The van der Waals surface area contributed by atoms with Gasteiger partial charge < -0.3 is 4.55 Å². The smallest absolute Gasteiger partial charge is 0.136 e. The fourth-order valence-corrected chi connectivity index (χ4v) is 2.09. The van der Waals surface area contributed by atoms with Crippen molar-refractivity contribution >= 4 is 11.4 Å². The Morgan fingerprint density at radius 3 is 2.59 bits per heavy atom. The lowest BCUT2D eigenvalue weighted by Gasteiger charge is -2.26. The fraction of sp³-hybridized carbons (Fsp3) is 0.462. The Hall–Kier alpha value is -1.02. The molecule has 0 aliphatic heterocycles. The molecule has 0 heterocycles. The van der Waals surface area contributed by atoms with Gasteiger partial charge in [-0.2, -0.15) is 5.26 Å². The van der Waals surface area contributed by atoms with E-state index < -0.39 is 11.4 Å². The van der Waals surface area contributed by atoms with E-state index >= 15 is 0 Å². The maximum absolute atomic E-state index is 11.9. The van der Waals surface area contributed by atoms with Gasteiger partial charge >= 0.3 is 0 Å². The van der Waals surface area contributed by atoms with Gasteiger partial charge in [-0.3, -0.25) is 0 Å². The van der Waals surface area contributed by atoms with Crippen molar-refractivity contribution < 1.29 is 4.55 Å². The first-order chi connectivity index (χ1) is 7.84. The van der Waals surface area contributed by atoms with Crippen molar-refractivity contribution in [2.24, 2.45) is 0 Å². The van der Waals surface area contributed by atoms with Crippen molar-refractivity contribution in [3.8, 4) is 6.07 Å². The Morgan fingerprint density at radius 1 is 1.41 bits per heavy atom. The zero-order chi connectivity index (χ0) is 13.1. The Kier molecular flexibility index (Phi) is 4.58.